The van der Waals surface area contributed by atoms with Crippen molar-refractivity contribution in [2.45, 2.75) is 58.3 Å². The topological polar surface area (TPSA) is 23.5 Å². The third-order valence-corrected chi connectivity index (χ3v) is 3.74. The Morgan fingerprint density at radius 3 is 2.44 bits per heavy atom. The van der Waals surface area contributed by atoms with Crippen LogP contribution in [0.5, 0.6) is 0 Å². The van der Waals surface area contributed by atoms with Crippen LogP contribution < -0.4 is 0 Å². The maximum Gasteiger partial charge on any atom is 0.0558 e. The number of rotatable bonds is 8. The minimum absolute atomic E-state index is 0.318. The Morgan fingerprint density at radius 1 is 1.06 bits per heavy atom. The monoisotopic (exact) mass is 227 g/mol. The van der Waals surface area contributed by atoms with Crippen molar-refractivity contribution in [1.82, 2.24) is 4.90 Å². The van der Waals surface area contributed by atoms with Gasteiger partial charge in [-0.1, -0.05) is 39.0 Å². The Balaban J connectivity index is 2.19. The van der Waals surface area contributed by atoms with E-state index in [0.29, 0.717) is 6.61 Å². The largest absolute Gasteiger partial charge is 0.395 e. The molecule has 0 aromatic heterocycles. The lowest BCUT2D eigenvalue weighted by Crippen LogP contribution is -2.33. The highest BCUT2D eigenvalue weighted by Crippen LogP contribution is 2.24. The van der Waals surface area contributed by atoms with Crippen molar-refractivity contribution in [1.29, 1.82) is 0 Å². The highest BCUT2D eigenvalue weighted by atomic mass is 16.3. The number of aliphatic hydroxyl groups is 1. The van der Waals surface area contributed by atoms with E-state index in [1.807, 2.05) is 0 Å². The van der Waals surface area contributed by atoms with Gasteiger partial charge in [-0.3, -0.25) is 0 Å². The van der Waals surface area contributed by atoms with Crippen LogP contribution in [0.25, 0.3) is 0 Å². The van der Waals surface area contributed by atoms with Crippen LogP contribution in [0.1, 0.15) is 58.3 Å². The zero-order chi connectivity index (χ0) is 11.6. The molecule has 0 radical (unpaired) electrons. The number of unbranched alkanes of at least 4 members (excludes halogenated alkanes) is 2. The lowest BCUT2D eigenvalue weighted by atomic mass is 9.89. The number of nitrogens with zero attached hydrogens (tertiary/aromatic N) is 1. The first-order valence-corrected chi connectivity index (χ1v) is 7.20. The van der Waals surface area contributed by atoms with Crippen molar-refractivity contribution in [3.05, 3.63) is 0 Å². The van der Waals surface area contributed by atoms with E-state index < -0.39 is 0 Å². The minimum Gasteiger partial charge on any atom is -0.395 e. The van der Waals surface area contributed by atoms with Crippen LogP contribution in [0.2, 0.25) is 0 Å². The molecule has 0 bridgehead atoms. The van der Waals surface area contributed by atoms with E-state index >= 15 is 0 Å². The van der Waals surface area contributed by atoms with E-state index in [0.717, 1.165) is 12.5 Å². The van der Waals surface area contributed by atoms with Gasteiger partial charge in [0.25, 0.3) is 0 Å². The third-order valence-electron chi connectivity index (χ3n) is 3.74. The van der Waals surface area contributed by atoms with Crippen molar-refractivity contribution < 1.29 is 5.11 Å². The Hall–Kier alpha value is -0.0800. The second-order valence-corrected chi connectivity index (χ2v) is 5.24. The van der Waals surface area contributed by atoms with Crippen LogP contribution in [0.15, 0.2) is 0 Å². The van der Waals surface area contributed by atoms with Gasteiger partial charge in [-0.15, -0.1) is 0 Å². The number of hydrogen-bond acceptors (Lipinski definition) is 2. The smallest absolute Gasteiger partial charge is 0.0558 e. The molecule has 0 atom stereocenters. The molecule has 0 aromatic carbocycles. The summed E-state index contributed by atoms with van der Waals surface area (Å²) in [5.41, 5.74) is 0. The molecule has 0 aliphatic heterocycles. The number of hydrogen-bond donors (Lipinski definition) is 1. The predicted molar refractivity (Wildman–Crippen MR) is 69.6 cm³/mol. The van der Waals surface area contributed by atoms with Gasteiger partial charge in [0, 0.05) is 13.1 Å². The molecule has 0 unspecified atom stereocenters. The molecule has 0 amide bonds. The summed E-state index contributed by atoms with van der Waals surface area (Å²) in [7, 11) is 0. The molecule has 2 nitrogen and oxygen atoms in total. The lowest BCUT2D eigenvalue weighted by molar-refractivity contribution is 0.158. The molecule has 1 saturated carbocycles. The van der Waals surface area contributed by atoms with Gasteiger partial charge in [-0.05, 0) is 31.7 Å². The van der Waals surface area contributed by atoms with E-state index in [1.54, 1.807) is 0 Å². The molecule has 1 aliphatic carbocycles. The summed E-state index contributed by atoms with van der Waals surface area (Å²) in [6, 6.07) is 0. The van der Waals surface area contributed by atoms with Crippen LogP contribution in [0.4, 0.5) is 0 Å². The Kier molecular flexibility index (Phi) is 7.87. The van der Waals surface area contributed by atoms with E-state index in [-0.39, 0.29) is 0 Å². The van der Waals surface area contributed by atoms with E-state index in [2.05, 4.69) is 11.8 Å². The SMILES string of the molecule is CCCCCN(CCO)CC1CCCCC1. The van der Waals surface area contributed by atoms with Crippen LogP contribution in [-0.2, 0) is 0 Å². The molecule has 1 aliphatic rings. The molecular weight excluding hydrogens is 198 g/mol. The van der Waals surface area contributed by atoms with E-state index in [9.17, 15) is 0 Å². The molecule has 1 fully saturated rings. The first-order chi connectivity index (χ1) is 7.86. The van der Waals surface area contributed by atoms with Crippen LogP contribution >= 0.6 is 0 Å². The van der Waals surface area contributed by atoms with Crippen LogP contribution in [-0.4, -0.2) is 36.2 Å². The standard InChI is InChI=1S/C14H29NO/c1-2-3-7-10-15(11-12-16)13-14-8-5-4-6-9-14/h14,16H,2-13H2,1H3. The zero-order valence-electron chi connectivity index (χ0n) is 11.0. The van der Waals surface area contributed by atoms with Crippen molar-refractivity contribution in [2.75, 3.05) is 26.2 Å². The maximum absolute atomic E-state index is 9.08. The van der Waals surface area contributed by atoms with Crippen LogP contribution in [0.3, 0.4) is 0 Å². The van der Waals surface area contributed by atoms with E-state index in [1.165, 1.54) is 64.5 Å². The fourth-order valence-corrected chi connectivity index (χ4v) is 2.76. The Bertz CT molecular complexity index is 155. The fourth-order valence-electron chi connectivity index (χ4n) is 2.76. The second-order valence-electron chi connectivity index (χ2n) is 5.24. The summed E-state index contributed by atoms with van der Waals surface area (Å²) >= 11 is 0. The maximum atomic E-state index is 9.08. The normalized spacial score (nSPS) is 18.2. The fraction of sp³-hybridized carbons (Fsp3) is 1.00. The zero-order valence-corrected chi connectivity index (χ0v) is 11.0. The summed E-state index contributed by atoms with van der Waals surface area (Å²) < 4.78 is 0. The molecular formula is C14H29NO. The molecule has 1 N–H and O–H groups in total. The Morgan fingerprint density at radius 2 is 1.81 bits per heavy atom. The highest BCUT2D eigenvalue weighted by molar-refractivity contribution is 4.70. The van der Waals surface area contributed by atoms with Gasteiger partial charge in [0.05, 0.1) is 6.61 Å². The average Bonchev–Trinajstić information content (AvgIpc) is 2.31. The van der Waals surface area contributed by atoms with Crippen molar-refractivity contribution in [3.8, 4) is 0 Å². The molecule has 0 saturated heterocycles. The van der Waals surface area contributed by atoms with Gasteiger partial charge in [0.2, 0.25) is 0 Å². The molecule has 16 heavy (non-hydrogen) atoms. The van der Waals surface area contributed by atoms with Gasteiger partial charge in [0.1, 0.15) is 0 Å². The molecule has 0 heterocycles. The lowest BCUT2D eigenvalue weighted by Gasteiger charge is -2.29. The minimum atomic E-state index is 0.318. The summed E-state index contributed by atoms with van der Waals surface area (Å²) in [5, 5.41) is 9.08. The first kappa shape index (κ1) is 14.0. The van der Waals surface area contributed by atoms with Gasteiger partial charge >= 0.3 is 0 Å². The number of aliphatic hydroxyl groups excluding tert-OH is 1. The van der Waals surface area contributed by atoms with Crippen molar-refractivity contribution in [2.24, 2.45) is 5.92 Å². The molecule has 1 rings (SSSR count). The van der Waals surface area contributed by atoms with Crippen molar-refractivity contribution in [3.63, 3.8) is 0 Å². The molecule has 0 spiro atoms. The van der Waals surface area contributed by atoms with Gasteiger partial charge in [0.15, 0.2) is 0 Å². The van der Waals surface area contributed by atoms with Crippen LogP contribution in [0, 0.1) is 5.92 Å². The summed E-state index contributed by atoms with van der Waals surface area (Å²) in [6.07, 6.45) is 11.0. The summed E-state index contributed by atoms with van der Waals surface area (Å²) in [6.45, 7) is 5.85. The highest BCUT2D eigenvalue weighted by Gasteiger charge is 2.16. The van der Waals surface area contributed by atoms with E-state index in [4.69, 9.17) is 5.11 Å². The Labute approximate surface area is 101 Å². The van der Waals surface area contributed by atoms with Gasteiger partial charge < -0.3 is 10.0 Å². The average molecular weight is 227 g/mol. The predicted octanol–water partition coefficient (Wildman–Crippen LogP) is 3.05. The first-order valence-electron chi connectivity index (χ1n) is 7.20. The third kappa shape index (κ3) is 5.86. The quantitative estimate of drug-likeness (QED) is 0.644. The van der Waals surface area contributed by atoms with Crippen molar-refractivity contribution >= 4 is 0 Å². The molecule has 96 valence electrons. The molecule has 0 aromatic rings. The van der Waals surface area contributed by atoms with Gasteiger partial charge in [-0.2, -0.15) is 0 Å². The van der Waals surface area contributed by atoms with Gasteiger partial charge in [-0.25, -0.2) is 0 Å². The summed E-state index contributed by atoms with van der Waals surface area (Å²) in [5.74, 6) is 0.905. The molecule has 2 heteroatoms. The summed E-state index contributed by atoms with van der Waals surface area (Å²) in [4.78, 5) is 2.48. The second kappa shape index (κ2) is 9.00.